The molecule has 5 nitrogen and oxygen atoms in total. The van der Waals surface area contributed by atoms with E-state index in [9.17, 15) is 13.6 Å². The van der Waals surface area contributed by atoms with Gasteiger partial charge in [0.15, 0.2) is 0 Å². The second-order valence-corrected chi connectivity index (χ2v) is 5.14. The minimum absolute atomic E-state index is 0.217. The third-order valence-corrected chi connectivity index (χ3v) is 3.47. The first-order valence-corrected chi connectivity index (χ1v) is 7.23. The summed E-state index contributed by atoms with van der Waals surface area (Å²) in [5.41, 5.74) is 0.223. The van der Waals surface area contributed by atoms with Crippen LogP contribution in [-0.2, 0) is 9.53 Å². The van der Waals surface area contributed by atoms with Crippen molar-refractivity contribution in [1.82, 2.24) is 4.98 Å². The molecule has 2 aromatic rings. The fourth-order valence-corrected chi connectivity index (χ4v) is 2.29. The van der Waals surface area contributed by atoms with Crippen LogP contribution < -0.4 is 10.6 Å². The highest BCUT2D eigenvalue weighted by Gasteiger charge is 2.23. The van der Waals surface area contributed by atoms with Crippen molar-refractivity contribution in [1.29, 1.82) is 0 Å². The molecule has 0 radical (unpaired) electrons. The summed E-state index contributed by atoms with van der Waals surface area (Å²) in [5, 5.41) is 5.27. The number of benzene rings is 1. The molecule has 2 N–H and O–H groups in total. The van der Waals surface area contributed by atoms with Gasteiger partial charge in [-0.3, -0.25) is 4.79 Å². The predicted octanol–water partition coefficient (Wildman–Crippen LogP) is 3.22. The number of nitrogens with one attached hydrogen (secondary N) is 2. The molecule has 1 saturated heterocycles. The zero-order valence-electron chi connectivity index (χ0n) is 12.2. The summed E-state index contributed by atoms with van der Waals surface area (Å²) in [6.45, 7) is 0.591. The van der Waals surface area contributed by atoms with Crippen LogP contribution in [0.25, 0.3) is 0 Å². The van der Waals surface area contributed by atoms with E-state index in [1.54, 1.807) is 6.07 Å². The van der Waals surface area contributed by atoms with Crippen LogP contribution in [0.4, 0.5) is 26.0 Å². The van der Waals surface area contributed by atoms with Crippen molar-refractivity contribution < 1.29 is 18.3 Å². The van der Waals surface area contributed by atoms with Gasteiger partial charge in [0.05, 0.1) is 11.9 Å². The van der Waals surface area contributed by atoms with Gasteiger partial charge in [0, 0.05) is 6.61 Å². The van der Waals surface area contributed by atoms with Gasteiger partial charge in [-0.25, -0.2) is 13.8 Å². The van der Waals surface area contributed by atoms with Gasteiger partial charge >= 0.3 is 0 Å². The lowest BCUT2D eigenvalue weighted by Gasteiger charge is -2.11. The Morgan fingerprint density at radius 2 is 2.00 bits per heavy atom. The number of rotatable bonds is 4. The lowest BCUT2D eigenvalue weighted by Crippen LogP contribution is -2.26. The monoisotopic (exact) mass is 319 g/mol. The molecule has 1 atom stereocenters. The van der Waals surface area contributed by atoms with Crippen molar-refractivity contribution in [3.05, 3.63) is 48.2 Å². The molecule has 3 rings (SSSR count). The van der Waals surface area contributed by atoms with E-state index in [4.69, 9.17) is 4.74 Å². The maximum Gasteiger partial charge on any atom is 0.253 e. The molecule has 1 aromatic heterocycles. The molecule has 0 aliphatic carbocycles. The van der Waals surface area contributed by atoms with Crippen LogP contribution in [0.15, 0.2) is 36.5 Å². The molecule has 7 heteroatoms. The van der Waals surface area contributed by atoms with Gasteiger partial charge in [0.2, 0.25) is 0 Å². The smallest absolute Gasteiger partial charge is 0.253 e. The molecule has 1 fully saturated rings. The third-order valence-electron chi connectivity index (χ3n) is 3.47. The zero-order chi connectivity index (χ0) is 16.2. The molecular weight excluding hydrogens is 304 g/mol. The third kappa shape index (κ3) is 3.62. The van der Waals surface area contributed by atoms with Gasteiger partial charge < -0.3 is 15.4 Å². The highest BCUT2D eigenvalue weighted by atomic mass is 19.1. The van der Waals surface area contributed by atoms with Gasteiger partial charge in [-0.15, -0.1) is 0 Å². The number of para-hydroxylation sites is 1. The number of amides is 1. The summed E-state index contributed by atoms with van der Waals surface area (Å²) in [7, 11) is 0. The minimum atomic E-state index is -0.706. The number of nitrogens with zero attached hydrogens (tertiary/aromatic N) is 1. The van der Waals surface area contributed by atoms with E-state index in [2.05, 4.69) is 15.6 Å². The molecule has 0 saturated carbocycles. The summed E-state index contributed by atoms with van der Waals surface area (Å²) >= 11 is 0. The molecule has 0 bridgehead atoms. The number of aromatic nitrogens is 1. The molecule has 23 heavy (non-hydrogen) atoms. The van der Waals surface area contributed by atoms with Crippen LogP contribution in [0.5, 0.6) is 0 Å². The summed E-state index contributed by atoms with van der Waals surface area (Å²) < 4.78 is 32.4. The summed E-state index contributed by atoms with van der Waals surface area (Å²) in [4.78, 5) is 15.9. The number of hydrogen-bond donors (Lipinski definition) is 2. The van der Waals surface area contributed by atoms with E-state index < -0.39 is 17.7 Å². The number of anilines is 3. The SMILES string of the molecule is O=C(Nc1ccc(Nc2c(F)cccc2F)nc1)C1CCCO1. The molecular formula is C16H15F2N3O2. The number of carbonyl (C=O) groups excluding carboxylic acids is 1. The second kappa shape index (κ2) is 6.70. The van der Waals surface area contributed by atoms with E-state index in [1.807, 2.05) is 0 Å². The summed E-state index contributed by atoms with van der Waals surface area (Å²) in [6, 6.07) is 6.72. The first kappa shape index (κ1) is 15.4. The molecule has 2 heterocycles. The lowest BCUT2D eigenvalue weighted by atomic mass is 10.2. The maximum absolute atomic E-state index is 13.6. The van der Waals surface area contributed by atoms with Crippen LogP contribution in [-0.4, -0.2) is 23.6 Å². The average molecular weight is 319 g/mol. The van der Waals surface area contributed by atoms with Crippen molar-refractivity contribution in [3.8, 4) is 0 Å². The lowest BCUT2D eigenvalue weighted by molar-refractivity contribution is -0.124. The number of carbonyl (C=O) groups is 1. The molecule has 1 aromatic carbocycles. The van der Waals surface area contributed by atoms with Crippen molar-refractivity contribution in [2.75, 3.05) is 17.2 Å². The van der Waals surface area contributed by atoms with E-state index >= 15 is 0 Å². The van der Waals surface area contributed by atoms with Crippen molar-refractivity contribution >= 4 is 23.1 Å². The second-order valence-electron chi connectivity index (χ2n) is 5.14. The fraction of sp³-hybridized carbons (Fsp3) is 0.250. The van der Waals surface area contributed by atoms with Gasteiger partial charge in [0.25, 0.3) is 5.91 Å². The van der Waals surface area contributed by atoms with E-state index in [0.717, 1.165) is 18.6 Å². The number of halogens is 2. The van der Waals surface area contributed by atoms with Crippen LogP contribution in [0.2, 0.25) is 0 Å². The Balaban J connectivity index is 1.66. The van der Waals surface area contributed by atoms with Gasteiger partial charge in [0.1, 0.15) is 29.2 Å². The van der Waals surface area contributed by atoms with Crippen LogP contribution in [0.3, 0.4) is 0 Å². The predicted molar refractivity (Wildman–Crippen MR) is 81.5 cm³/mol. The Morgan fingerprint density at radius 1 is 1.22 bits per heavy atom. The van der Waals surface area contributed by atoms with Crippen LogP contribution in [0, 0.1) is 11.6 Å². The van der Waals surface area contributed by atoms with E-state index in [-0.39, 0.29) is 17.4 Å². The Morgan fingerprint density at radius 3 is 2.61 bits per heavy atom. The fourth-order valence-electron chi connectivity index (χ4n) is 2.29. The summed E-state index contributed by atoms with van der Waals surface area (Å²) in [6.07, 6.45) is 2.55. The van der Waals surface area contributed by atoms with Crippen LogP contribution >= 0.6 is 0 Å². The average Bonchev–Trinajstić information content (AvgIpc) is 3.07. The molecule has 1 unspecified atom stereocenters. The minimum Gasteiger partial charge on any atom is -0.368 e. The zero-order valence-corrected chi connectivity index (χ0v) is 12.2. The number of ether oxygens (including phenoxy) is 1. The Hall–Kier alpha value is -2.54. The summed E-state index contributed by atoms with van der Waals surface area (Å²) in [5.74, 6) is -1.36. The first-order chi connectivity index (χ1) is 11.1. The largest absolute Gasteiger partial charge is 0.368 e. The van der Waals surface area contributed by atoms with Crippen molar-refractivity contribution in [3.63, 3.8) is 0 Å². The standard InChI is InChI=1S/C16H15F2N3O2/c17-11-3-1-4-12(18)15(11)21-14-7-6-10(9-19-14)20-16(22)13-5-2-8-23-13/h1,3-4,6-7,9,13H,2,5,8H2,(H,19,21)(H,20,22). The van der Waals surface area contributed by atoms with Gasteiger partial charge in [-0.2, -0.15) is 0 Å². The maximum atomic E-state index is 13.6. The van der Waals surface area contributed by atoms with Crippen molar-refractivity contribution in [2.24, 2.45) is 0 Å². The van der Waals surface area contributed by atoms with E-state index in [1.165, 1.54) is 18.3 Å². The molecule has 1 aliphatic heterocycles. The van der Waals surface area contributed by atoms with Gasteiger partial charge in [-0.05, 0) is 37.1 Å². The highest BCUT2D eigenvalue weighted by molar-refractivity contribution is 5.94. The number of hydrogen-bond acceptors (Lipinski definition) is 4. The normalized spacial score (nSPS) is 17.0. The molecule has 0 spiro atoms. The Labute approximate surface area is 131 Å². The highest BCUT2D eigenvalue weighted by Crippen LogP contribution is 2.23. The van der Waals surface area contributed by atoms with Gasteiger partial charge in [-0.1, -0.05) is 6.07 Å². The Kier molecular flexibility index (Phi) is 4.47. The topological polar surface area (TPSA) is 63.2 Å². The number of pyridine rings is 1. The van der Waals surface area contributed by atoms with E-state index in [0.29, 0.717) is 18.7 Å². The quantitative estimate of drug-likeness (QED) is 0.908. The molecule has 120 valence electrons. The van der Waals surface area contributed by atoms with Crippen molar-refractivity contribution in [2.45, 2.75) is 18.9 Å². The first-order valence-electron chi connectivity index (χ1n) is 7.23. The molecule has 1 aliphatic rings. The Bertz CT molecular complexity index is 681. The van der Waals surface area contributed by atoms with Crippen LogP contribution in [0.1, 0.15) is 12.8 Å². The molecule has 1 amide bonds.